The topological polar surface area (TPSA) is 116 Å². The van der Waals surface area contributed by atoms with Crippen molar-refractivity contribution < 1.29 is 23.6 Å². The second-order valence-electron chi connectivity index (χ2n) is 5.76. The first-order chi connectivity index (χ1) is 13.9. The molecule has 0 unspecified atom stereocenters. The molecule has 3 rings (SSSR count). The summed E-state index contributed by atoms with van der Waals surface area (Å²) in [6, 6.07) is 8.74. The normalized spacial score (nSPS) is 11.0. The number of fused-ring (bicyclic) bond motifs is 1. The summed E-state index contributed by atoms with van der Waals surface area (Å²) >= 11 is 6.19. The number of benzene rings is 2. The Kier molecular flexibility index (Phi) is 5.99. The third kappa shape index (κ3) is 4.46. The summed E-state index contributed by atoms with van der Waals surface area (Å²) in [6.45, 7) is 2.26. The van der Waals surface area contributed by atoms with Crippen molar-refractivity contribution in [3.63, 3.8) is 0 Å². The average Bonchev–Trinajstić information content (AvgIpc) is 3.13. The molecule has 0 radical (unpaired) electrons. The number of nitrogens with one attached hydrogen (secondary N) is 1. The molecule has 10 heteroatoms. The van der Waals surface area contributed by atoms with Gasteiger partial charge in [0.2, 0.25) is 0 Å². The lowest BCUT2D eigenvalue weighted by atomic mass is 10.2. The van der Waals surface area contributed by atoms with E-state index in [2.05, 4.69) is 10.5 Å². The zero-order valence-corrected chi connectivity index (χ0v) is 16.2. The van der Waals surface area contributed by atoms with Crippen LogP contribution >= 0.6 is 11.6 Å². The van der Waals surface area contributed by atoms with Gasteiger partial charge in [0.1, 0.15) is 5.58 Å². The Morgan fingerprint density at radius 2 is 2.14 bits per heavy atom. The summed E-state index contributed by atoms with van der Waals surface area (Å²) in [7, 11) is 1.49. The van der Waals surface area contributed by atoms with Gasteiger partial charge in [0.15, 0.2) is 17.3 Å². The number of hydrogen-bond acceptors (Lipinski definition) is 7. The molecule has 29 heavy (non-hydrogen) atoms. The number of hydrazone groups is 1. The fourth-order valence-electron chi connectivity index (χ4n) is 2.58. The van der Waals surface area contributed by atoms with E-state index in [4.69, 9.17) is 25.5 Å². The number of hydrogen-bond donors (Lipinski definition) is 1. The summed E-state index contributed by atoms with van der Waals surface area (Å²) in [5.41, 5.74) is 3.17. The monoisotopic (exact) mass is 417 g/mol. The molecule has 0 fully saturated rings. The molecule has 1 heterocycles. The SMILES string of the molecule is CCOc1c(Cl)cc(/C=N\NC(=O)c2cc3cc([N+](=O)[O-])ccc3o2)cc1OC. The molecule has 0 spiro atoms. The number of nitro benzene ring substituents is 1. The lowest BCUT2D eigenvalue weighted by molar-refractivity contribution is -0.384. The van der Waals surface area contributed by atoms with Gasteiger partial charge in [0, 0.05) is 17.5 Å². The van der Waals surface area contributed by atoms with E-state index >= 15 is 0 Å². The van der Waals surface area contributed by atoms with Crippen molar-refractivity contribution in [2.24, 2.45) is 5.10 Å². The van der Waals surface area contributed by atoms with Crippen molar-refractivity contribution in [1.29, 1.82) is 0 Å². The van der Waals surface area contributed by atoms with Gasteiger partial charge in [-0.3, -0.25) is 14.9 Å². The quantitative estimate of drug-likeness (QED) is 0.350. The van der Waals surface area contributed by atoms with Gasteiger partial charge in [-0.2, -0.15) is 5.10 Å². The second-order valence-corrected chi connectivity index (χ2v) is 6.16. The number of furan rings is 1. The van der Waals surface area contributed by atoms with Gasteiger partial charge in [0.25, 0.3) is 5.69 Å². The highest BCUT2D eigenvalue weighted by atomic mass is 35.5. The number of methoxy groups -OCH3 is 1. The molecular weight excluding hydrogens is 402 g/mol. The number of carbonyl (C=O) groups is 1. The molecule has 1 N–H and O–H groups in total. The van der Waals surface area contributed by atoms with Crippen molar-refractivity contribution >= 4 is 40.4 Å². The molecule has 0 bridgehead atoms. The first-order valence-corrected chi connectivity index (χ1v) is 8.82. The lowest BCUT2D eigenvalue weighted by Gasteiger charge is -2.11. The zero-order chi connectivity index (χ0) is 21.0. The van der Waals surface area contributed by atoms with Crippen molar-refractivity contribution in [2.45, 2.75) is 6.92 Å². The fraction of sp³-hybridized carbons (Fsp3) is 0.158. The predicted octanol–water partition coefficient (Wildman–Crippen LogP) is 4.17. The highest BCUT2D eigenvalue weighted by Crippen LogP contribution is 2.36. The van der Waals surface area contributed by atoms with Crippen LogP contribution < -0.4 is 14.9 Å². The van der Waals surface area contributed by atoms with E-state index in [1.54, 1.807) is 12.1 Å². The standard InChI is InChI=1S/C19H16ClN3O6/c1-3-28-18-14(20)6-11(7-16(18)27-2)10-21-22-19(24)17-9-12-8-13(23(25)26)4-5-15(12)29-17/h4-10H,3H2,1-2H3,(H,22,24)/b21-10-. The Labute approximate surface area is 170 Å². The van der Waals surface area contributed by atoms with E-state index < -0.39 is 10.8 Å². The Hall–Kier alpha value is -3.59. The maximum atomic E-state index is 12.2. The maximum absolute atomic E-state index is 12.2. The number of non-ortho nitro benzene ring substituents is 1. The Bertz CT molecular complexity index is 1110. The van der Waals surface area contributed by atoms with Gasteiger partial charge in [-0.25, -0.2) is 5.43 Å². The highest BCUT2D eigenvalue weighted by molar-refractivity contribution is 6.32. The van der Waals surface area contributed by atoms with Crippen molar-refractivity contribution in [3.05, 3.63) is 62.9 Å². The van der Waals surface area contributed by atoms with Crippen LogP contribution in [0.2, 0.25) is 5.02 Å². The van der Waals surface area contributed by atoms with E-state index in [-0.39, 0.29) is 11.4 Å². The van der Waals surface area contributed by atoms with Gasteiger partial charge >= 0.3 is 5.91 Å². The first kappa shape index (κ1) is 20.2. The molecule has 0 saturated carbocycles. The summed E-state index contributed by atoms with van der Waals surface area (Å²) in [5, 5.41) is 15.5. The third-order valence-corrected chi connectivity index (χ3v) is 4.14. The Balaban J connectivity index is 1.75. The predicted molar refractivity (Wildman–Crippen MR) is 107 cm³/mol. The molecule has 2 aromatic carbocycles. The van der Waals surface area contributed by atoms with Crippen LogP contribution in [0.1, 0.15) is 23.0 Å². The molecule has 1 aromatic heterocycles. The third-order valence-electron chi connectivity index (χ3n) is 3.85. The van der Waals surface area contributed by atoms with Crippen molar-refractivity contribution in [1.82, 2.24) is 5.43 Å². The van der Waals surface area contributed by atoms with Crippen LogP contribution in [-0.2, 0) is 0 Å². The molecule has 1 amide bonds. The van der Waals surface area contributed by atoms with Crippen LogP contribution in [0.4, 0.5) is 5.69 Å². The van der Waals surface area contributed by atoms with Crippen LogP contribution in [0.25, 0.3) is 11.0 Å². The molecule has 0 aliphatic rings. The molecule has 0 saturated heterocycles. The largest absolute Gasteiger partial charge is 0.493 e. The summed E-state index contributed by atoms with van der Waals surface area (Å²) in [5.74, 6) is 0.226. The molecule has 0 aliphatic heterocycles. The molecule has 3 aromatic rings. The molecule has 0 atom stereocenters. The number of amides is 1. The van der Waals surface area contributed by atoms with E-state index in [0.717, 1.165) is 0 Å². The lowest BCUT2D eigenvalue weighted by Crippen LogP contribution is -2.16. The fourth-order valence-corrected chi connectivity index (χ4v) is 2.85. The smallest absolute Gasteiger partial charge is 0.307 e. The highest BCUT2D eigenvalue weighted by Gasteiger charge is 2.15. The minimum atomic E-state index is -0.607. The van der Waals surface area contributed by atoms with Gasteiger partial charge in [-0.15, -0.1) is 0 Å². The molecule has 150 valence electrons. The van der Waals surface area contributed by atoms with Crippen molar-refractivity contribution in [3.8, 4) is 11.5 Å². The minimum Gasteiger partial charge on any atom is -0.493 e. The van der Waals surface area contributed by atoms with Crippen LogP contribution in [0, 0.1) is 10.1 Å². The van der Waals surface area contributed by atoms with Gasteiger partial charge < -0.3 is 13.9 Å². The van der Waals surface area contributed by atoms with E-state index in [1.807, 2.05) is 6.92 Å². The van der Waals surface area contributed by atoms with Crippen molar-refractivity contribution in [2.75, 3.05) is 13.7 Å². The first-order valence-electron chi connectivity index (χ1n) is 8.44. The van der Waals surface area contributed by atoms with Crippen LogP contribution in [0.15, 0.2) is 45.9 Å². The van der Waals surface area contributed by atoms with Gasteiger partial charge in [-0.05, 0) is 36.8 Å². The minimum absolute atomic E-state index is 0.0278. The number of nitrogens with zero attached hydrogens (tertiary/aromatic N) is 2. The van der Waals surface area contributed by atoms with Crippen LogP contribution in [-0.4, -0.2) is 30.8 Å². The zero-order valence-electron chi connectivity index (χ0n) is 15.5. The van der Waals surface area contributed by atoms with Gasteiger partial charge in [0.05, 0.1) is 29.9 Å². The Morgan fingerprint density at radius 3 is 2.83 bits per heavy atom. The van der Waals surface area contributed by atoms with E-state index in [1.165, 1.54) is 37.6 Å². The number of halogens is 1. The Morgan fingerprint density at radius 1 is 1.34 bits per heavy atom. The van der Waals surface area contributed by atoms with E-state index in [9.17, 15) is 14.9 Å². The summed E-state index contributed by atoms with van der Waals surface area (Å²) in [6.07, 6.45) is 1.38. The number of carbonyl (C=O) groups excluding carboxylic acids is 1. The number of nitro groups is 1. The molecule has 9 nitrogen and oxygen atoms in total. The second kappa shape index (κ2) is 8.61. The summed E-state index contributed by atoms with van der Waals surface area (Å²) in [4.78, 5) is 22.5. The average molecular weight is 418 g/mol. The summed E-state index contributed by atoms with van der Waals surface area (Å²) < 4.78 is 16.1. The number of ether oxygens (including phenoxy) is 2. The molecular formula is C19H16ClN3O6. The van der Waals surface area contributed by atoms with Crippen LogP contribution in [0.5, 0.6) is 11.5 Å². The van der Waals surface area contributed by atoms with E-state index in [0.29, 0.717) is 39.7 Å². The maximum Gasteiger partial charge on any atom is 0.307 e. The molecule has 0 aliphatic carbocycles. The van der Waals surface area contributed by atoms with Crippen LogP contribution in [0.3, 0.4) is 0 Å². The van der Waals surface area contributed by atoms with Gasteiger partial charge in [-0.1, -0.05) is 11.6 Å². The number of rotatable bonds is 7.